The molecule has 1 aromatic carbocycles. The molecule has 0 radical (unpaired) electrons. The summed E-state index contributed by atoms with van der Waals surface area (Å²) in [5.41, 5.74) is 1.78. The second-order valence-electron chi connectivity index (χ2n) is 4.67. The predicted molar refractivity (Wildman–Crippen MR) is 81.2 cm³/mol. The van der Waals surface area contributed by atoms with Crippen LogP contribution in [0.1, 0.15) is 10.4 Å². The fourth-order valence-electron chi connectivity index (χ4n) is 2.44. The maximum atomic E-state index is 11.3. The molecule has 1 saturated heterocycles. The molecule has 1 heterocycles. The Hall–Kier alpha value is -0.975. The van der Waals surface area contributed by atoms with Gasteiger partial charge in [0.15, 0.2) is 6.29 Å². The Kier molecular flexibility index (Phi) is 4.90. The highest BCUT2D eigenvalue weighted by molar-refractivity contribution is 7.98. The smallest absolute Gasteiger partial charge is 0.376 e. The van der Waals surface area contributed by atoms with Crippen LogP contribution in [0.2, 0.25) is 6.82 Å². The third-order valence-electron chi connectivity index (χ3n) is 3.56. The van der Waals surface area contributed by atoms with Crippen LogP contribution >= 0.6 is 11.8 Å². The third-order valence-corrected chi connectivity index (χ3v) is 4.36. The van der Waals surface area contributed by atoms with Gasteiger partial charge in [-0.1, -0.05) is 6.07 Å². The maximum absolute atomic E-state index is 11.3. The Morgan fingerprint density at radius 2 is 2.00 bits per heavy atom. The summed E-state index contributed by atoms with van der Waals surface area (Å²) in [5.74, 6) is 0. The van der Waals surface area contributed by atoms with Crippen LogP contribution in [0.4, 0.5) is 5.69 Å². The number of piperazine rings is 1. The highest BCUT2D eigenvalue weighted by Gasteiger charge is 2.24. The molecule has 0 amide bonds. The number of carbonyl (C=O) groups excluding carboxylic acids is 1. The second kappa shape index (κ2) is 6.46. The van der Waals surface area contributed by atoms with Gasteiger partial charge in [-0.05, 0) is 25.2 Å². The van der Waals surface area contributed by atoms with Crippen molar-refractivity contribution in [2.24, 2.45) is 0 Å². The standard InChI is InChI=1S/C13H19BN2O2S/c1-14(18)16-8-6-15(7-9-16)12-4-3-5-13(19-2)11(12)10-17/h3-5,10,18H,6-9H2,1-2H3. The molecule has 0 atom stereocenters. The summed E-state index contributed by atoms with van der Waals surface area (Å²) in [6.45, 7) is 5.10. The lowest BCUT2D eigenvalue weighted by molar-refractivity contribution is 0.112. The van der Waals surface area contributed by atoms with E-state index in [1.165, 1.54) is 0 Å². The van der Waals surface area contributed by atoms with Crippen LogP contribution in [0.3, 0.4) is 0 Å². The van der Waals surface area contributed by atoms with Crippen molar-refractivity contribution in [2.75, 3.05) is 37.3 Å². The van der Waals surface area contributed by atoms with Gasteiger partial charge in [0.05, 0.1) is 5.56 Å². The normalized spacial score (nSPS) is 16.5. The molecule has 1 fully saturated rings. The number of hydrogen-bond acceptors (Lipinski definition) is 5. The SMILES string of the molecule is CSc1cccc(N2CCN(B(C)O)CC2)c1C=O. The zero-order valence-corrected chi connectivity index (χ0v) is 12.2. The van der Waals surface area contributed by atoms with Crippen molar-refractivity contribution in [3.8, 4) is 0 Å². The molecule has 1 N–H and O–H groups in total. The van der Waals surface area contributed by atoms with Crippen molar-refractivity contribution in [2.45, 2.75) is 11.7 Å². The van der Waals surface area contributed by atoms with Crippen molar-refractivity contribution in [3.63, 3.8) is 0 Å². The van der Waals surface area contributed by atoms with Crippen molar-refractivity contribution < 1.29 is 9.82 Å². The largest absolute Gasteiger partial charge is 0.437 e. The molecule has 0 saturated carbocycles. The average Bonchev–Trinajstić information content (AvgIpc) is 2.46. The summed E-state index contributed by atoms with van der Waals surface area (Å²) in [6.07, 6.45) is 2.93. The number of hydrogen-bond donors (Lipinski definition) is 1. The van der Waals surface area contributed by atoms with Crippen molar-refractivity contribution >= 4 is 30.8 Å². The van der Waals surface area contributed by atoms with Gasteiger partial charge in [0, 0.05) is 36.8 Å². The maximum Gasteiger partial charge on any atom is 0.376 e. The average molecular weight is 278 g/mol. The molecule has 1 aliphatic heterocycles. The predicted octanol–water partition coefficient (Wildman–Crippen LogP) is 1.45. The van der Waals surface area contributed by atoms with Crippen LogP contribution in [-0.4, -0.2) is 55.6 Å². The number of benzene rings is 1. The van der Waals surface area contributed by atoms with Crippen LogP contribution < -0.4 is 4.90 Å². The van der Waals surface area contributed by atoms with Gasteiger partial charge in [0.1, 0.15) is 0 Å². The van der Waals surface area contributed by atoms with Crippen LogP contribution in [0, 0.1) is 0 Å². The zero-order chi connectivity index (χ0) is 13.8. The lowest BCUT2D eigenvalue weighted by Gasteiger charge is -2.37. The van der Waals surface area contributed by atoms with E-state index in [9.17, 15) is 9.82 Å². The van der Waals surface area contributed by atoms with E-state index in [2.05, 4.69) is 4.90 Å². The molecule has 0 bridgehead atoms. The first-order valence-electron chi connectivity index (χ1n) is 6.46. The molecule has 0 aliphatic carbocycles. The Balaban J connectivity index is 2.17. The van der Waals surface area contributed by atoms with Gasteiger partial charge in [-0.2, -0.15) is 0 Å². The zero-order valence-electron chi connectivity index (χ0n) is 11.4. The van der Waals surface area contributed by atoms with Gasteiger partial charge in [0.25, 0.3) is 0 Å². The summed E-state index contributed by atoms with van der Waals surface area (Å²) in [6, 6.07) is 5.97. The molecule has 0 spiro atoms. The molecule has 1 aromatic rings. The minimum Gasteiger partial charge on any atom is -0.437 e. The van der Waals surface area contributed by atoms with E-state index in [1.54, 1.807) is 18.6 Å². The molecule has 0 aromatic heterocycles. The Morgan fingerprint density at radius 1 is 1.32 bits per heavy atom. The summed E-state index contributed by atoms with van der Waals surface area (Å²) >= 11 is 1.60. The van der Waals surface area contributed by atoms with E-state index < -0.39 is 7.05 Å². The fraction of sp³-hybridized carbons (Fsp3) is 0.462. The van der Waals surface area contributed by atoms with Gasteiger partial charge >= 0.3 is 7.05 Å². The van der Waals surface area contributed by atoms with Gasteiger partial charge in [0.2, 0.25) is 0 Å². The minimum atomic E-state index is -0.398. The number of thioether (sulfide) groups is 1. The van der Waals surface area contributed by atoms with E-state index in [1.807, 2.05) is 29.3 Å². The van der Waals surface area contributed by atoms with E-state index in [0.717, 1.165) is 48.6 Å². The summed E-state index contributed by atoms with van der Waals surface area (Å²) in [4.78, 5) is 16.6. The van der Waals surface area contributed by atoms with E-state index in [0.29, 0.717) is 0 Å². The minimum absolute atomic E-state index is 0.398. The second-order valence-corrected chi connectivity index (χ2v) is 5.51. The molecule has 19 heavy (non-hydrogen) atoms. The molecule has 4 nitrogen and oxygen atoms in total. The highest BCUT2D eigenvalue weighted by atomic mass is 32.2. The monoisotopic (exact) mass is 278 g/mol. The number of anilines is 1. The van der Waals surface area contributed by atoms with E-state index >= 15 is 0 Å². The van der Waals surface area contributed by atoms with Crippen LogP contribution in [0.15, 0.2) is 23.1 Å². The van der Waals surface area contributed by atoms with Crippen LogP contribution in [0.25, 0.3) is 0 Å². The Bertz CT molecular complexity index is 448. The van der Waals surface area contributed by atoms with E-state index in [-0.39, 0.29) is 0 Å². The summed E-state index contributed by atoms with van der Waals surface area (Å²) in [7, 11) is -0.398. The van der Waals surface area contributed by atoms with Gasteiger partial charge < -0.3 is 14.7 Å². The van der Waals surface area contributed by atoms with Gasteiger partial charge in [-0.3, -0.25) is 4.79 Å². The summed E-state index contributed by atoms with van der Waals surface area (Å²) in [5, 5.41) is 9.56. The number of nitrogens with zero attached hydrogens (tertiary/aromatic N) is 2. The molecule has 1 aliphatic rings. The number of rotatable bonds is 4. The summed E-state index contributed by atoms with van der Waals surface area (Å²) < 4.78 is 0. The van der Waals surface area contributed by atoms with Crippen molar-refractivity contribution in [1.29, 1.82) is 0 Å². The van der Waals surface area contributed by atoms with E-state index in [4.69, 9.17) is 0 Å². The number of carbonyl (C=O) groups is 1. The third kappa shape index (κ3) is 3.13. The Morgan fingerprint density at radius 3 is 2.53 bits per heavy atom. The quantitative estimate of drug-likeness (QED) is 0.513. The van der Waals surface area contributed by atoms with Crippen molar-refractivity contribution in [1.82, 2.24) is 4.81 Å². The van der Waals surface area contributed by atoms with Gasteiger partial charge in [-0.25, -0.2) is 0 Å². The topological polar surface area (TPSA) is 43.8 Å². The molecule has 102 valence electrons. The lowest BCUT2D eigenvalue weighted by Crippen LogP contribution is -2.51. The van der Waals surface area contributed by atoms with Crippen LogP contribution in [0.5, 0.6) is 0 Å². The first kappa shape index (κ1) is 14.4. The van der Waals surface area contributed by atoms with Gasteiger partial charge in [-0.15, -0.1) is 11.8 Å². The van der Waals surface area contributed by atoms with Crippen LogP contribution in [-0.2, 0) is 0 Å². The first-order chi connectivity index (χ1) is 9.17. The Labute approximate surface area is 118 Å². The molecule has 6 heteroatoms. The fourth-order valence-corrected chi connectivity index (χ4v) is 3.03. The number of aldehydes is 1. The molecular formula is C13H19BN2O2S. The highest BCUT2D eigenvalue weighted by Crippen LogP contribution is 2.28. The molecular weight excluding hydrogens is 259 g/mol. The molecule has 0 unspecified atom stereocenters. The van der Waals surface area contributed by atoms with Crippen molar-refractivity contribution in [3.05, 3.63) is 23.8 Å². The molecule has 2 rings (SSSR count). The lowest BCUT2D eigenvalue weighted by atomic mass is 9.84. The first-order valence-corrected chi connectivity index (χ1v) is 7.69.